The summed E-state index contributed by atoms with van der Waals surface area (Å²) >= 11 is 1.50. The Balaban J connectivity index is 0.00000225. The van der Waals surface area contributed by atoms with Gasteiger partial charge in [0.15, 0.2) is 5.13 Å². The number of carbonyl (C=O) groups excluding carboxylic acids is 1. The van der Waals surface area contributed by atoms with Crippen molar-refractivity contribution in [2.75, 3.05) is 32.2 Å². The molecule has 1 unspecified atom stereocenters. The minimum absolute atomic E-state index is 0. The molecule has 8 heteroatoms. The molecule has 28 heavy (non-hydrogen) atoms. The molecule has 0 bridgehead atoms. The van der Waals surface area contributed by atoms with Gasteiger partial charge in [0.05, 0.1) is 20.8 Å². The Labute approximate surface area is 175 Å². The van der Waals surface area contributed by atoms with Crippen molar-refractivity contribution in [1.29, 1.82) is 0 Å². The smallest absolute Gasteiger partial charge is 0.232 e. The van der Waals surface area contributed by atoms with Crippen LogP contribution in [0.2, 0.25) is 0 Å². The molecule has 1 atom stereocenters. The normalized spacial score (nSPS) is 19.6. The van der Waals surface area contributed by atoms with Gasteiger partial charge < -0.3 is 14.8 Å². The summed E-state index contributed by atoms with van der Waals surface area (Å²) in [6.45, 7) is 2.46. The van der Waals surface area contributed by atoms with Crippen molar-refractivity contribution in [2.45, 2.75) is 25.8 Å². The van der Waals surface area contributed by atoms with Gasteiger partial charge in [0, 0.05) is 29.1 Å². The maximum absolute atomic E-state index is 13.4. The van der Waals surface area contributed by atoms with E-state index in [2.05, 4.69) is 10.3 Å². The number of nitrogens with zero attached hydrogens (tertiary/aromatic N) is 2. The molecule has 2 aliphatic rings. The SMILES string of the molecule is COc1ccc(CN(C(=O)C2CC23CCNCC3)c2nccs2)c(OC)c1.Cl. The second-order valence-corrected chi connectivity index (χ2v) is 8.16. The van der Waals surface area contributed by atoms with Gasteiger partial charge >= 0.3 is 0 Å². The zero-order valence-electron chi connectivity index (χ0n) is 16.1. The zero-order chi connectivity index (χ0) is 18.9. The van der Waals surface area contributed by atoms with Crippen LogP contribution < -0.4 is 19.7 Å². The highest BCUT2D eigenvalue weighted by molar-refractivity contribution is 7.13. The van der Waals surface area contributed by atoms with Gasteiger partial charge in [-0.25, -0.2) is 4.98 Å². The maximum Gasteiger partial charge on any atom is 0.232 e. The highest BCUT2D eigenvalue weighted by Gasteiger charge is 2.58. The molecule has 1 aliphatic heterocycles. The highest BCUT2D eigenvalue weighted by atomic mass is 35.5. The summed E-state index contributed by atoms with van der Waals surface area (Å²) in [6, 6.07) is 5.71. The molecule has 0 radical (unpaired) electrons. The quantitative estimate of drug-likeness (QED) is 0.770. The van der Waals surface area contributed by atoms with Gasteiger partial charge in [-0.1, -0.05) is 0 Å². The van der Waals surface area contributed by atoms with E-state index in [1.54, 1.807) is 20.4 Å². The van der Waals surface area contributed by atoms with Crippen molar-refractivity contribution in [3.63, 3.8) is 0 Å². The van der Waals surface area contributed by atoms with Crippen molar-refractivity contribution in [2.24, 2.45) is 11.3 Å². The summed E-state index contributed by atoms with van der Waals surface area (Å²) in [6.07, 6.45) is 4.91. The van der Waals surface area contributed by atoms with Gasteiger partial charge in [-0.05, 0) is 49.9 Å². The van der Waals surface area contributed by atoms with E-state index in [1.165, 1.54) is 11.3 Å². The Bertz CT molecular complexity index is 809. The number of benzene rings is 1. The molecular weight excluding hydrogens is 398 g/mol. The van der Waals surface area contributed by atoms with Crippen LogP contribution in [0.1, 0.15) is 24.8 Å². The molecule has 1 aromatic carbocycles. The molecule has 1 saturated carbocycles. The van der Waals surface area contributed by atoms with Crippen LogP contribution in [0, 0.1) is 11.3 Å². The minimum atomic E-state index is 0. The zero-order valence-corrected chi connectivity index (χ0v) is 17.8. The van der Waals surface area contributed by atoms with Crippen LogP contribution in [-0.2, 0) is 11.3 Å². The van der Waals surface area contributed by atoms with E-state index in [0.717, 1.165) is 54.5 Å². The Morgan fingerprint density at radius 1 is 1.32 bits per heavy atom. The number of thiazole rings is 1. The van der Waals surface area contributed by atoms with Gasteiger partial charge in [-0.3, -0.25) is 9.69 Å². The first-order valence-electron chi connectivity index (χ1n) is 9.29. The number of ether oxygens (including phenoxy) is 2. The third kappa shape index (κ3) is 3.97. The Kier molecular flexibility index (Phi) is 6.47. The van der Waals surface area contributed by atoms with Crippen LogP contribution in [0.15, 0.2) is 29.8 Å². The van der Waals surface area contributed by atoms with Crippen molar-refractivity contribution in [3.05, 3.63) is 35.3 Å². The van der Waals surface area contributed by atoms with E-state index in [1.807, 2.05) is 28.5 Å². The van der Waals surface area contributed by atoms with Crippen molar-refractivity contribution in [3.8, 4) is 11.5 Å². The lowest BCUT2D eigenvalue weighted by atomic mass is 9.91. The predicted molar refractivity (Wildman–Crippen MR) is 113 cm³/mol. The topological polar surface area (TPSA) is 63.7 Å². The number of piperidine rings is 1. The molecule has 1 amide bonds. The van der Waals surface area contributed by atoms with Crippen LogP contribution >= 0.6 is 23.7 Å². The van der Waals surface area contributed by atoms with Crippen LogP contribution in [0.4, 0.5) is 5.13 Å². The number of halogens is 1. The van der Waals surface area contributed by atoms with Crippen LogP contribution in [-0.4, -0.2) is 38.2 Å². The van der Waals surface area contributed by atoms with Crippen LogP contribution in [0.25, 0.3) is 0 Å². The Morgan fingerprint density at radius 2 is 2.11 bits per heavy atom. The van der Waals surface area contributed by atoms with E-state index in [0.29, 0.717) is 6.54 Å². The first kappa shape index (κ1) is 20.9. The number of rotatable bonds is 6. The van der Waals surface area contributed by atoms with E-state index >= 15 is 0 Å². The number of nitrogens with one attached hydrogen (secondary N) is 1. The second kappa shape index (κ2) is 8.68. The van der Waals surface area contributed by atoms with Gasteiger partial charge in [0.25, 0.3) is 0 Å². The Morgan fingerprint density at radius 3 is 2.75 bits per heavy atom. The van der Waals surface area contributed by atoms with Gasteiger partial charge in [0.1, 0.15) is 11.5 Å². The molecule has 2 aromatic rings. The van der Waals surface area contributed by atoms with Gasteiger partial charge in [-0.15, -0.1) is 23.7 Å². The number of carbonyl (C=O) groups is 1. The summed E-state index contributed by atoms with van der Waals surface area (Å²) in [7, 11) is 3.27. The van der Waals surface area contributed by atoms with Crippen LogP contribution in [0.5, 0.6) is 11.5 Å². The molecule has 152 valence electrons. The third-order valence-electron chi connectivity index (χ3n) is 5.83. The monoisotopic (exact) mass is 423 g/mol. The molecular formula is C20H26ClN3O3S. The fourth-order valence-corrected chi connectivity index (χ4v) is 4.75. The molecule has 1 saturated heterocycles. The number of aromatic nitrogens is 1. The Hall–Kier alpha value is -1.83. The molecule has 2 fully saturated rings. The summed E-state index contributed by atoms with van der Waals surface area (Å²) < 4.78 is 10.8. The number of amides is 1. The number of hydrogen-bond donors (Lipinski definition) is 1. The highest BCUT2D eigenvalue weighted by Crippen LogP contribution is 2.59. The lowest BCUT2D eigenvalue weighted by Crippen LogP contribution is -2.36. The lowest BCUT2D eigenvalue weighted by Gasteiger charge is -2.26. The standard InChI is InChI=1S/C20H25N3O3S.ClH/c1-25-15-4-3-14(17(11-15)26-2)13-23(19-22-9-10-27-19)18(24)16-12-20(16)5-7-21-8-6-20;/h3-4,9-11,16,21H,5-8,12-13H2,1-2H3;1H. The van der Waals surface area contributed by atoms with Gasteiger partial charge in [0.2, 0.25) is 5.91 Å². The fourth-order valence-electron chi connectivity index (χ4n) is 4.10. The number of anilines is 1. The average Bonchev–Trinajstić information content (AvgIpc) is 3.14. The third-order valence-corrected chi connectivity index (χ3v) is 6.62. The number of hydrogen-bond acceptors (Lipinski definition) is 6. The van der Waals surface area contributed by atoms with Crippen molar-refractivity contribution >= 4 is 34.8 Å². The average molecular weight is 424 g/mol. The minimum Gasteiger partial charge on any atom is -0.497 e. The largest absolute Gasteiger partial charge is 0.497 e. The predicted octanol–water partition coefficient (Wildman–Crippen LogP) is 3.51. The van der Waals surface area contributed by atoms with E-state index in [-0.39, 0.29) is 29.6 Å². The van der Waals surface area contributed by atoms with Crippen molar-refractivity contribution in [1.82, 2.24) is 10.3 Å². The molecule has 4 rings (SSSR count). The molecule has 1 aromatic heterocycles. The van der Waals surface area contributed by atoms with E-state index in [9.17, 15) is 4.79 Å². The first-order chi connectivity index (χ1) is 13.2. The number of methoxy groups -OCH3 is 2. The van der Waals surface area contributed by atoms with E-state index < -0.39 is 0 Å². The molecule has 1 aliphatic carbocycles. The summed E-state index contributed by atoms with van der Waals surface area (Å²) in [5.41, 5.74) is 1.14. The summed E-state index contributed by atoms with van der Waals surface area (Å²) in [5.74, 6) is 1.74. The molecule has 1 spiro atoms. The maximum atomic E-state index is 13.4. The molecule has 6 nitrogen and oxygen atoms in total. The lowest BCUT2D eigenvalue weighted by molar-refractivity contribution is -0.120. The van der Waals surface area contributed by atoms with Gasteiger partial charge in [-0.2, -0.15) is 0 Å². The summed E-state index contributed by atoms with van der Waals surface area (Å²) in [4.78, 5) is 19.7. The van der Waals surface area contributed by atoms with E-state index in [4.69, 9.17) is 9.47 Å². The van der Waals surface area contributed by atoms with Crippen molar-refractivity contribution < 1.29 is 14.3 Å². The summed E-state index contributed by atoms with van der Waals surface area (Å²) in [5, 5.41) is 6.05. The fraction of sp³-hybridized carbons (Fsp3) is 0.500. The second-order valence-electron chi connectivity index (χ2n) is 7.29. The molecule has 2 heterocycles. The van der Waals surface area contributed by atoms with Crippen LogP contribution in [0.3, 0.4) is 0 Å². The molecule has 1 N–H and O–H groups in total. The first-order valence-corrected chi connectivity index (χ1v) is 10.2.